The molecule has 0 bridgehead atoms. The molecule has 4 rings (SSSR count). The number of pyridine rings is 1. The van der Waals surface area contributed by atoms with E-state index in [2.05, 4.69) is 10.3 Å². The zero-order valence-electron chi connectivity index (χ0n) is 22.4. The number of nitrogens with one attached hydrogen (secondary N) is 2. The molecule has 214 valence electrons. The number of alkyl halides is 3. The molecule has 1 unspecified atom stereocenters. The van der Waals surface area contributed by atoms with Crippen molar-refractivity contribution in [3.63, 3.8) is 0 Å². The van der Waals surface area contributed by atoms with E-state index in [0.29, 0.717) is 21.4 Å². The van der Waals surface area contributed by atoms with Gasteiger partial charge in [0.25, 0.3) is 0 Å². The summed E-state index contributed by atoms with van der Waals surface area (Å²) in [6, 6.07) is 1.34. The molecular formula is C27H28Cl2F3N5O3. The van der Waals surface area contributed by atoms with E-state index < -0.39 is 47.4 Å². The number of carbonyl (C=O) groups excluding carboxylic acids is 3. The Hall–Kier alpha value is -3.10. The van der Waals surface area contributed by atoms with Crippen LogP contribution in [-0.4, -0.2) is 52.4 Å². The van der Waals surface area contributed by atoms with E-state index >= 15 is 0 Å². The van der Waals surface area contributed by atoms with Gasteiger partial charge in [-0.3, -0.25) is 19.4 Å². The highest BCUT2D eigenvalue weighted by molar-refractivity contribution is 6.39. The molecule has 1 saturated carbocycles. The Morgan fingerprint density at radius 2 is 1.80 bits per heavy atom. The fraction of sp³-hybridized carbons (Fsp3) is 0.519. The van der Waals surface area contributed by atoms with Gasteiger partial charge in [0.2, 0.25) is 11.8 Å². The molecule has 1 aromatic carbocycles. The first-order valence-electron chi connectivity index (χ1n) is 12.5. The quantitative estimate of drug-likeness (QED) is 0.514. The van der Waals surface area contributed by atoms with Crippen LogP contribution in [0.5, 0.6) is 0 Å². The predicted octanol–water partition coefficient (Wildman–Crippen LogP) is 4.80. The molecule has 2 aromatic rings. The van der Waals surface area contributed by atoms with Crippen LogP contribution in [-0.2, 0) is 14.4 Å². The smallest absolute Gasteiger partial charge is 0.336 e. The minimum absolute atomic E-state index is 0.0810. The van der Waals surface area contributed by atoms with E-state index in [0.717, 1.165) is 0 Å². The predicted molar refractivity (Wildman–Crippen MR) is 142 cm³/mol. The van der Waals surface area contributed by atoms with Gasteiger partial charge < -0.3 is 15.5 Å². The number of aromatic nitrogens is 1. The number of nitriles is 1. The lowest BCUT2D eigenvalue weighted by atomic mass is 9.85. The van der Waals surface area contributed by atoms with Crippen LogP contribution in [0.1, 0.15) is 46.2 Å². The monoisotopic (exact) mass is 597 g/mol. The highest BCUT2D eigenvalue weighted by Crippen LogP contribution is 2.65. The lowest BCUT2D eigenvalue weighted by molar-refractivity contribution is -0.176. The molecule has 2 aliphatic rings. The van der Waals surface area contributed by atoms with Crippen molar-refractivity contribution >= 4 is 51.7 Å². The van der Waals surface area contributed by atoms with Crippen LogP contribution < -0.4 is 10.6 Å². The summed E-state index contributed by atoms with van der Waals surface area (Å²) in [4.78, 5) is 44.6. The van der Waals surface area contributed by atoms with Crippen molar-refractivity contribution in [1.29, 1.82) is 5.26 Å². The molecule has 8 nitrogen and oxygen atoms in total. The lowest BCUT2D eigenvalue weighted by Gasteiger charge is -2.37. The fourth-order valence-corrected chi connectivity index (χ4v) is 6.35. The van der Waals surface area contributed by atoms with Gasteiger partial charge in [-0.2, -0.15) is 18.4 Å². The summed E-state index contributed by atoms with van der Waals surface area (Å²) >= 11 is 12.5. The number of benzene rings is 1. The molecule has 40 heavy (non-hydrogen) atoms. The zero-order chi connectivity index (χ0) is 29.9. The van der Waals surface area contributed by atoms with E-state index in [9.17, 15) is 32.8 Å². The number of fused-ring (bicyclic) bond motifs is 2. The standard InChI is InChI=1S/C27H28Cl2F3N5O3/c1-25(2,3)21(36-24(40)27(30,31)32)23(39)37-11-15-19(26(15,4)5)20(37)22(38)35-17(8-33)14-10-34-9-12-6-13(28)7-16(29)18(12)14/h6-7,9-10,15,17,19-21H,11H2,1-5H3,(H,35,38)(H,36,40)/t15-,17?,19-,20-,21+/m0/s1. The molecule has 1 aliphatic heterocycles. The molecule has 3 amide bonds. The average Bonchev–Trinajstić information content (AvgIpc) is 3.16. The second kappa shape index (κ2) is 10.1. The molecule has 1 aliphatic carbocycles. The molecular weight excluding hydrogens is 570 g/mol. The SMILES string of the molecule is CC(C)(C)[C@H](NC(=O)C(F)(F)F)C(=O)N1C[C@H]2[C@@H]([C@H]1C(=O)NC(C#N)c1cncc3cc(Cl)cc(Cl)c13)C2(C)C. The van der Waals surface area contributed by atoms with Crippen LogP contribution in [0.3, 0.4) is 0 Å². The van der Waals surface area contributed by atoms with E-state index in [1.54, 1.807) is 6.07 Å². The maximum Gasteiger partial charge on any atom is 0.471 e. The Labute approximate surface area is 239 Å². The molecule has 13 heteroatoms. The summed E-state index contributed by atoms with van der Waals surface area (Å²) in [5, 5.41) is 16.2. The van der Waals surface area contributed by atoms with E-state index in [1.165, 1.54) is 44.1 Å². The maximum absolute atomic E-state index is 13.8. The van der Waals surface area contributed by atoms with Gasteiger partial charge in [-0.25, -0.2) is 0 Å². The third-order valence-electron chi connectivity index (χ3n) is 7.93. The molecule has 2 N–H and O–H groups in total. The van der Waals surface area contributed by atoms with Crippen LogP contribution >= 0.6 is 23.2 Å². The summed E-state index contributed by atoms with van der Waals surface area (Å²) in [6.07, 6.45) is -2.27. The summed E-state index contributed by atoms with van der Waals surface area (Å²) in [5.74, 6) is -4.05. The zero-order valence-corrected chi connectivity index (χ0v) is 23.9. The van der Waals surface area contributed by atoms with Crippen molar-refractivity contribution in [3.8, 4) is 6.07 Å². The van der Waals surface area contributed by atoms with E-state index in [1.807, 2.05) is 25.2 Å². The van der Waals surface area contributed by atoms with Gasteiger partial charge in [-0.05, 0) is 34.8 Å². The third-order valence-corrected chi connectivity index (χ3v) is 8.45. The normalized spacial score (nSPS) is 23.1. The molecule has 5 atom stereocenters. The van der Waals surface area contributed by atoms with Crippen molar-refractivity contribution in [2.75, 3.05) is 6.54 Å². The Balaban J connectivity index is 1.66. The van der Waals surface area contributed by atoms with Crippen LogP contribution in [0.15, 0.2) is 24.5 Å². The third kappa shape index (κ3) is 5.31. The topological polar surface area (TPSA) is 115 Å². The second-order valence-corrected chi connectivity index (χ2v) is 12.8. The summed E-state index contributed by atoms with van der Waals surface area (Å²) in [6.45, 7) is 8.58. The number of nitrogens with zero attached hydrogens (tertiary/aromatic N) is 3. The van der Waals surface area contributed by atoms with Gasteiger partial charge in [0, 0.05) is 40.3 Å². The number of rotatable bonds is 5. The number of hydrogen-bond acceptors (Lipinski definition) is 5. The van der Waals surface area contributed by atoms with Gasteiger partial charge in [-0.15, -0.1) is 0 Å². The number of carbonyl (C=O) groups is 3. The van der Waals surface area contributed by atoms with Gasteiger partial charge in [-0.1, -0.05) is 57.8 Å². The highest BCUT2D eigenvalue weighted by atomic mass is 35.5. The number of likely N-dealkylation sites (tertiary alicyclic amines) is 1. The van der Waals surface area contributed by atoms with Gasteiger partial charge in [0.1, 0.15) is 18.1 Å². The molecule has 0 radical (unpaired) electrons. The van der Waals surface area contributed by atoms with Gasteiger partial charge in [0.15, 0.2) is 0 Å². The largest absolute Gasteiger partial charge is 0.471 e. The van der Waals surface area contributed by atoms with Crippen molar-refractivity contribution in [2.24, 2.45) is 22.7 Å². The summed E-state index contributed by atoms with van der Waals surface area (Å²) < 4.78 is 39.2. The van der Waals surface area contributed by atoms with E-state index in [4.69, 9.17) is 23.2 Å². The summed E-state index contributed by atoms with van der Waals surface area (Å²) in [7, 11) is 0. The minimum atomic E-state index is -5.19. The summed E-state index contributed by atoms with van der Waals surface area (Å²) in [5.41, 5.74) is -1.08. The second-order valence-electron chi connectivity index (χ2n) is 11.9. The Morgan fingerprint density at radius 3 is 2.38 bits per heavy atom. The van der Waals surface area contributed by atoms with Gasteiger partial charge >= 0.3 is 12.1 Å². The number of halogens is 5. The highest BCUT2D eigenvalue weighted by Gasteiger charge is 2.70. The van der Waals surface area contributed by atoms with E-state index in [-0.39, 0.29) is 28.8 Å². The van der Waals surface area contributed by atoms with Crippen molar-refractivity contribution in [2.45, 2.75) is 58.9 Å². The number of hydrogen-bond donors (Lipinski definition) is 2. The fourth-order valence-electron chi connectivity index (χ4n) is 5.73. The van der Waals surface area contributed by atoms with Crippen molar-refractivity contribution in [1.82, 2.24) is 20.5 Å². The lowest BCUT2D eigenvalue weighted by Crippen LogP contribution is -2.60. The molecule has 2 fully saturated rings. The average molecular weight is 598 g/mol. The first-order chi connectivity index (χ1) is 18.4. The van der Waals surface area contributed by atoms with Gasteiger partial charge in [0.05, 0.1) is 11.1 Å². The molecule has 1 saturated heterocycles. The Bertz CT molecular complexity index is 1430. The first kappa shape index (κ1) is 29.9. The Morgan fingerprint density at radius 1 is 1.15 bits per heavy atom. The van der Waals surface area contributed by atoms with Crippen LogP contribution in [0.2, 0.25) is 10.0 Å². The first-order valence-corrected chi connectivity index (χ1v) is 13.3. The van der Waals surface area contributed by atoms with Crippen molar-refractivity contribution < 1.29 is 27.6 Å². The maximum atomic E-state index is 13.8. The molecule has 1 aromatic heterocycles. The Kier molecular flexibility index (Phi) is 7.52. The molecule has 2 heterocycles. The van der Waals surface area contributed by atoms with Crippen LogP contribution in [0.4, 0.5) is 13.2 Å². The van der Waals surface area contributed by atoms with Crippen LogP contribution in [0.25, 0.3) is 10.8 Å². The van der Waals surface area contributed by atoms with Crippen LogP contribution in [0, 0.1) is 34.0 Å². The van der Waals surface area contributed by atoms with Crippen molar-refractivity contribution in [3.05, 3.63) is 40.1 Å². The number of piperidine rings is 1. The minimum Gasteiger partial charge on any atom is -0.336 e. The molecule has 0 spiro atoms. The number of amides is 3.